The summed E-state index contributed by atoms with van der Waals surface area (Å²) in [5, 5.41) is 0.931. The molecular weight excluding hydrogens is 245 g/mol. The summed E-state index contributed by atoms with van der Waals surface area (Å²) in [6.45, 7) is 4.25. The van der Waals surface area contributed by atoms with Gasteiger partial charge in [0.15, 0.2) is 5.78 Å². The molecule has 0 fully saturated rings. The highest BCUT2D eigenvalue weighted by molar-refractivity contribution is 6.36. The number of ketones is 1. The van der Waals surface area contributed by atoms with Crippen LogP contribution < -0.4 is 5.73 Å². The number of rotatable bonds is 4. The van der Waals surface area contributed by atoms with Crippen LogP contribution in [0.4, 0.5) is 0 Å². The molecule has 0 saturated heterocycles. The van der Waals surface area contributed by atoms with Crippen molar-refractivity contribution in [3.8, 4) is 0 Å². The molecule has 1 atom stereocenters. The second kappa shape index (κ2) is 5.67. The number of nitrogens with two attached hydrogens (primary N) is 1. The number of hydrogen-bond donors (Lipinski definition) is 1. The summed E-state index contributed by atoms with van der Waals surface area (Å²) in [7, 11) is 0. The predicted molar refractivity (Wildman–Crippen MR) is 68.2 cm³/mol. The first kappa shape index (κ1) is 13.5. The highest BCUT2D eigenvalue weighted by atomic mass is 35.5. The van der Waals surface area contributed by atoms with E-state index in [0.29, 0.717) is 22.2 Å². The Labute approximate surface area is 106 Å². The summed E-state index contributed by atoms with van der Waals surface area (Å²) in [5.41, 5.74) is 6.06. The van der Waals surface area contributed by atoms with Gasteiger partial charge in [-0.15, -0.1) is 0 Å². The van der Waals surface area contributed by atoms with Crippen molar-refractivity contribution in [2.45, 2.75) is 13.8 Å². The lowest BCUT2D eigenvalue weighted by molar-refractivity contribution is 0.0892. The van der Waals surface area contributed by atoms with Crippen LogP contribution in [0.5, 0.6) is 0 Å². The van der Waals surface area contributed by atoms with Gasteiger partial charge >= 0.3 is 0 Å². The molecule has 88 valence electrons. The molecule has 1 aromatic rings. The van der Waals surface area contributed by atoms with Crippen LogP contribution in [0.1, 0.15) is 24.2 Å². The van der Waals surface area contributed by atoms with Crippen LogP contribution in [0.25, 0.3) is 0 Å². The van der Waals surface area contributed by atoms with E-state index in [-0.39, 0.29) is 17.6 Å². The summed E-state index contributed by atoms with van der Waals surface area (Å²) in [5.74, 6) is -0.0616. The van der Waals surface area contributed by atoms with Crippen LogP contribution >= 0.6 is 23.2 Å². The van der Waals surface area contributed by atoms with E-state index in [0.717, 1.165) is 0 Å². The second-order valence-corrected chi connectivity index (χ2v) is 4.92. The Morgan fingerprint density at radius 2 is 2.00 bits per heavy atom. The topological polar surface area (TPSA) is 43.1 Å². The molecule has 1 aromatic carbocycles. The SMILES string of the molecule is CC(C)C(CN)C(=O)c1cc(Cl)ccc1Cl. The molecule has 0 bridgehead atoms. The molecule has 2 N–H and O–H groups in total. The monoisotopic (exact) mass is 259 g/mol. The fourth-order valence-electron chi connectivity index (χ4n) is 1.57. The first-order valence-corrected chi connectivity index (χ1v) is 5.92. The normalized spacial score (nSPS) is 12.9. The number of benzene rings is 1. The smallest absolute Gasteiger partial charge is 0.169 e. The zero-order valence-electron chi connectivity index (χ0n) is 9.34. The zero-order valence-corrected chi connectivity index (χ0v) is 10.8. The van der Waals surface area contributed by atoms with E-state index >= 15 is 0 Å². The van der Waals surface area contributed by atoms with Gasteiger partial charge in [-0.05, 0) is 24.1 Å². The number of hydrogen-bond acceptors (Lipinski definition) is 2. The van der Waals surface area contributed by atoms with E-state index in [9.17, 15) is 4.79 Å². The van der Waals surface area contributed by atoms with Gasteiger partial charge in [-0.1, -0.05) is 37.0 Å². The maximum Gasteiger partial charge on any atom is 0.169 e. The summed E-state index contributed by atoms with van der Waals surface area (Å²) < 4.78 is 0. The van der Waals surface area contributed by atoms with Crippen LogP contribution in [0.3, 0.4) is 0 Å². The molecule has 0 aliphatic rings. The van der Waals surface area contributed by atoms with Gasteiger partial charge in [0, 0.05) is 23.0 Å². The minimum absolute atomic E-state index is 0.0370. The van der Waals surface area contributed by atoms with Crippen LogP contribution in [-0.2, 0) is 0 Å². The third kappa shape index (κ3) is 2.97. The molecule has 0 amide bonds. The van der Waals surface area contributed by atoms with Crippen molar-refractivity contribution in [2.24, 2.45) is 17.6 Å². The lowest BCUT2D eigenvalue weighted by Crippen LogP contribution is -2.28. The van der Waals surface area contributed by atoms with Gasteiger partial charge in [-0.3, -0.25) is 4.79 Å². The Kier molecular flexibility index (Phi) is 4.78. The molecule has 0 heterocycles. The summed E-state index contributed by atoms with van der Waals surface area (Å²) >= 11 is 11.8. The average molecular weight is 260 g/mol. The molecule has 0 aliphatic heterocycles. The standard InChI is InChI=1S/C12H15Cl2NO/c1-7(2)10(6-15)12(16)9-5-8(13)3-4-11(9)14/h3-5,7,10H,6,15H2,1-2H3. The van der Waals surface area contributed by atoms with Crippen molar-refractivity contribution in [1.29, 1.82) is 0 Å². The molecule has 1 unspecified atom stereocenters. The lowest BCUT2D eigenvalue weighted by Gasteiger charge is -2.18. The van der Waals surface area contributed by atoms with Crippen molar-refractivity contribution in [1.82, 2.24) is 0 Å². The van der Waals surface area contributed by atoms with Gasteiger partial charge in [0.1, 0.15) is 0 Å². The Morgan fingerprint density at radius 3 is 2.50 bits per heavy atom. The molecule has 0 saturated carbocycles. The van der Waals surface area contributed by atoms with Gasteiger partial charge in [-0.2, -0.15) is 0 Å². The molecule has 2 nitrogen and oxygen atoms in total. The Balaban J connectivity index is 3.08. The van der Waals surface area contributed by atoms with Crippen molar-refractivity contribution in [3.63, 3.8) is 0 Å². The van der Waals surface area contributed by atoms with Crippen molar-refractivity contribution < 1.29 is 4.79 Å². The van der Waals surface area contributed by atoms with Gasteiger partial charge in [0.25, 0.3) is 0 Å². The van der Waals surface area contributed by atoms with E-state index in [2.05, 4.69) is 0 Å². The molecule has 0 aliphatic carbocycles. The van der Waals surface area contributed by atoms with Gasteiger partial charge in [0.05, 0.1) is 5.02 Å². The van der Waals surface area contributed by atoms with Crippen molar-refractivity contribution in [2.75, 3.05) is 6.54 Å². The van der Waals surface area contributed by atoms with Crippen molar-refractivity contribution >= 4 is 29.0 Å². The fraction of sp³-hybridized carbons (Fsp3) is 0.417. The van der Waals surface area contributed by atoms with Crippen LogP contribution in [0.15, 0.2) is 18.2 Å². The minimum Gasteiger partial charge on any atom is -0.330 e. The summed E-state index contributed by atoms with van der Waals surface area (Å²) in [6, 6.07) is 4.88. The highest BCUT2D eigenvalue weighted by Crippen LogP contribution is 2.25. The Morgan fingerprint density at radius 1 is 1.38 bits per heavy atom. The van der Waals surface area contributed by atoms with E-state index in [1.54, 1.807) is 18.2 Å². The largest absolute Gasteiger partial charge is 0.330 e. The number of halogens is 2. The summed E-state index contributed by atoms with van der Waals surface area (Å²) in [6.07, 6.45) is 0. The number of Topliss-reactive ketones (excluding diaryl/α,β-unsaturated/α-hetero) is 1. The Hall–Kier alpha value is -0.570. The van der Waals surface area contributed by atoms with Crippen LogP contribution in [0.2, 0.25) is 10.0 Å². The minimum atomic E-state index is -0.212. The number of carbonyl (C=O) groups is 1. The molecule has 0 spiro atoms. The van der Waals surface area contributed by atoms with E-state index < -0.39 is 0 Å². The average Bonchev–Trinajstić information content (AvgIpc) is 2.22. The van der Waals surface area contributed by atoms with Gasteiger partial charge in [0.2, 0.25) is 0 Å². The van der Waals surface area contributed by atoms with Crippen LogP contribution in [-0.4, -0.2) is 12.3 Å². The van der Waals surface area contributed by atoms with E-state index in [1.807, 2.05) is 13.8 Å². The maximum atomic E-state index is 12.2. The van der Waals surface area contributed by atoms with E-state index in [1.165, 1.54) is 0 Å². The van der Waals surface area contributed by atoms with E-state index in [4.69, 9.17) is 28.9 Å². The first-order chi connectivity index (χ1) is 7.47. The van der Waals surface area contributed by atoms with Gasteiger partial charge in [-0.25, -0.2) is 0 Å². The molecule has 4 heteroatoms. The molecule has 1 rings (SSSR count). The predicted octanol–water partition coefficient (Wildman–Crippen LogP) is 3.41. The fourth-order valence-corrected chi connectivity index (χ4v) is 1.95. The highest BCUT2D eigenvalue weighted by Gasteiger charge is 2.23. The third-order valence-corrected chi connectivity index (χ3v) is 3.15. The number of carbonyl (C=O) groups excluding carboxylic acids is 1. The molecular formula is C12H15Cl2NO. The molecule has 16 heavy (non-hydrogen) atoms. The van der Waals surface area contributed by atoms with Crippen molar-refractivity contribution in [3.05, 3.63) is 33.8 Å². The third-order valence-electron chi connectivity index (χ3n) is 2.59. The summed E-state index contributed by atoms with van der Waals surface area (Å²) in [4.78, 5) is 12.2. The lowest BCUT2D eigenvalue weighted by atomic mass is 9.88. The van der Waals surface area contributed by atoms with Crippen LogP contribution in [0, 0.1) is 11.8 Å². The molecule has 0 aromatic heterocycles. The molecule has 0 radical (unpaired) electrons. The van der Waals surface area contributed by atoms with Gasteiger partial charge < -0.3 is 5.73 Å². The second-order valence-electron chi connectivity index (χ2n) is 4.07. The zero-order chi connectivity index (χ0) is 12.3. The maximum absolute atomic E-state index is 12.2. The quantitative estimate of drug-likeness (QED) is 0.843. The Bertz CT molecular complexity index is 391. The first-order valence-electron chi connectivity index (χ1n) is 5.16.